The van der Waals surface area contributed by atoms with Crippen molar-refractivity contribution in [3.63, 3.8) is 0 Å². The molecule has 1 saturated carbocycles. The lowest BCUT2D eigenvalue weighted by atomic mass is 9.80. The molecular weight excluding hydrogens is 312 g/mol. The van der Waals surface area contributed by atoms with Gasteiger partial charge in [-0.3, -0.25) is 0 Å². The molecule has 1 aromatic heterocycles. The molecule has 4 nitrogen and oxygen atoms in total. The van der Waals surface area contributed by atoms with Crippen molar-refractivity contribution in [2.24, 2.45) is 11.0 Å². The lowest BCUT2D eigenvalue weighted by Crippen LogP contribution is -2.55. The average molecular weight is 336 g/mol. The summed E-state index contributed by atoms with van der Waals surface area (Å²) in [5.74, 6) is 2.74. The van der Waals surface area contributed by atoms with Gasteiger partial charge in [0.1, 0.15) is 17.2 Å². The Balaban J connectivity index is 1.56. The number of rotatable bonds is 2. The predicted molar refractivity (Wildman–Crippen MR) is 96.5 cm³/mol. The number of benzene rings is 1. The fraction of sp³-hybridized carbons (Fsp3) is 0.476. The Morgan fingerprint density at radius 2 is 2.00 bits per heavy atom. The molecule has 1 fully saturated rings. The van der Waals surface area contributed by atoms with Crippen LogP contribution in [0.2, 0.25) is 0 Å². The molecule has 1 aliphatic carbocycles. The zero-order chi connectivity index (χ0) is 16.9. The number of hydrogen-bond donors (Lipinski definition) is 0. The van der Waals surface area contributed by atoms with E-state index in [2.05, 4.69) is 36.2 Å². The molecule has 1 atom stereocenters. The van der Waals surface area contributed by atoms with Crippen LogP contribution >= 0.6 is 0 Å². The summed E-state index contributed by atoms with van der Waals surface area (Å²) in [4.78, 5) is 0. The van der Waals surface area contributed by atoms with Crippen molar-refractivity contribution in [3.8, 4) is 5.75 Å². The number of hydrogen-bond acceptors (Lipinski definition) is 4. The molecule has 4 heteroatoms. The minimum Gasteiger partial charge on any atom is -0.466 e. The molecule has 1 spiro atoms. The third-order valence-electron chi connectivity index (χ3n) is 6.18. The fourth-order valence-electron chi connectivity index (χ4n) is 4.69. The first-order chi connectivity index (χ1) is 12.3. The minimum atomic E-state index is -0.293. The van der Waals surface area contributed by atoms with Crippen LogP contribution in [0.3, 0.4) is 0 Å². The summed E-state index contributed by atoms with van der Waals surface area (Å²) in [6, 6.07) is 12.7. The van der Waals surface area contributed by atoms with Crippen LogP contribution in [0.1, 0.15) is 62.8 Å². The van der Waals surface area contributed by atoms with Gasteiger partial charge < -0.3 is 9.15 Å². The van der Waals surface area contributed by atoms with Gasteiger partial charge in [0, 0.05) is 24.8 Å². The summed E-state index contributed by atoms with van der Waals surface area (Å²) in [7, 11) is 0. The van der Waals surface area contributed by atoms with Crippen LogP contribution in [-0.4, -0.2) is 16.4 Å². The maximum Gasteiger partial charge on any atom is 0.198 e. The van der Waals surface area contributed by atoms with Gasteiger partial charge in [-0.1, -0.05) is 31.5 Å². The van der Waals surface area contributed by atoms with Crippen LogP contribution in [0.15, 0.2) is 52.2 Å². The van der Waals surface area contributed by atoms with E-state index in [0.29, 0.717) is 0 Å². The molecule has 2 aliphatic heterocycles. The second kappa shape index (κ2) is 5.65. The minimum absolute atomic E-state index is 0.253. The summed E-state index contributed by atoms with van der Waals surface area (Å²) in [6.07, 6.45) is 8.39. The maximum atomic E-state index is 6.62. The van der Waals surface area contributed by atoms with E-state index in [1.165, 1.54) is 24.8 Å². The maximum absolute atomic E-state index is 6.62. The van der Waals surface area contributed by atoms with Gasteiger partial charge in [0.25, 0.3) is 0 Å². The van der Waals surface area contributed by atoms with E-state index < -0.39 is 0 Å². The normalized spacial score (nSPS) is 30.6. The van der Waals surface area contributed by atoms with Gasteiger partial charge in [-0.15, -0.1) is 0 Å². The van der Waals surface area contributed by atoms with Gasteiger partial charge >= 0.3 is 0 Å². The lowest BCUT2D eigenvalue weighted by Gasteiger charge is -2.50. The van der Waals surface area contributed by atoms with E-state index in [9.17, 15) is 0 Å². The van der Waals surface area contributed by atoms with Crippen LogP contribution < -0.4 is 4.74 Å². The van der Waals surface area contributed by atoms with Crippen LogP contribution in [0, 0.1) is 5.92 Å². The Hall–Kier alpha value is -2.23. The Labute approximate surface area is 148 Å². The Morgan fingerprint density at radius 3 is 2.76 bits per heavy atom. The molecule has 25 heavy (non-hydrogen) atoms. The highest BCUT2D eigenvalue weighted by Crippen LogP contribution is 2.52. The highest BCUT2D eigenvalue weighted by molar-refractivity contribution is 5.99. The van der Waals surface area contributed by atoms with E-state index in [0.717, 1.165) is 42.4 Å². The van der Waals surface area contributed by atoms with Crippen LogP contribution in [0.25, 0.3) is 0 Å². The van der Waals surface area contributed by atoms with Crippen molar-refractivity contribution in [2.45, 2.75) is 57.2 Å². The molecule has 0 bridgehead atoms. The number of hydrazone groups is 1. The van der Waals surface area contributed by atoms with Gasteiger partial charge in [0.2, 0.25) is 0 Å². The molecule has 0 unspecified atom stereocenters. The standard InChI is InChI=1S/C21H24N2O2/c1-2-15-9-11-21(12-10-15)23-18(16-6-3-4-7-19(16)25-21)14-17(22-23)20-8-5-13-24-20/h3-8,13,15,18H,2,9-12,14H2,1H3/t15?,18-,21?/m1/s1. The van der Waals surface area contributed by atoms with E-state index >= 15 is 0 Å². The SMILES string of the molecule is CCC1CCC2(CC1)Oc1ccccc1[C@H]1CC(c3ccco3)=NN12. The van der Waals surface area contributed by atoms with E-state index in [-0.39, 0.29) is 11.8 Å². The topological polar surface area (TPSA) is 38.0 Å². The summed E-state index contributed by atoms with van der Waals surface area (Å²) < 4.78 is 12.2. The zero-order valence-electron chi connectivity index (χ0n) is 14.6. The van der Waals surface area contributed by atoms with Crippen molar-refractivity contribution in [1.29, 1.82) is 0 Å². The molecule has 0 saturated heterocycles. The van der Waals surface area contributed by atoms with E-state index in [1.807, 2.05) is 12.1 Å². The fourth-order valence-corrected chi connectivity index (χ4v) is 4.69. The van der Waals surface area contributed by atoms with Crippen molar-refractivity contribution in [3.05, 3.63) is 54.0 Å². The summed E-state index contributed by atoms with van der Waals surface area (Å²) in [5.41, 5.74) is 1.99. The second-order valence-corrected chi connectivity index (χ2v) is 7.53. The molecule has 5 rings (SSSR count). The van der Waals surface area contributed by atoms with Crippen molar-refractivity contribution >= 4 is 5.71 Å². The van der Waals surface area contributed by atoms with Gasteiger partial charge in [0.15, 0.2) is 5.72 Å². The predicted octanol–water partition coefficient (Wildman–Crippen LogP) is 5.12. The lowest BCUT2D eigenvalue weighted by molar-refractivity contribution is -0.146. The number of nitrogens with zero attached hydrogens (tertiary/aromatic N) is 2. The number of furan rings is 1. The number of para-hydroxylation sites is 1. The Morgan fingerprint density at radius 1 is 1.16 bits per heavy atom. The van der Waals surface area contributed by atoms with Gasteiger partial charge in [0.05, 0.1) is 12.3 Å². The molecule has 130 valence electrons. The molecule has 0 amide bonds. The third kappa shape index (κ3) is 2.30. The quantitative estimate of drug-likeness (QED) is 0.764. The highest BCUT2D eigenvalue weighted by Gasteiger charge is 2.51. The zero-order valence-corrected chi connectivity index (χ0v) is 14.6. The van der Waals surface area contributed by atoms with Gasteiger partial charge in [-0.2, -0.15) is 5.10 Å². The summed E-state index contributed by atoms with van der Waals surface area (Å²) in [6.45, 7) is 2.30. The largest absolute Gasteiger partial charge is 0.466 e. The molecule has 0 N–H and O–H groups in total. The smallest absolute Gasteiger partial charge is 0.198 e. The molecular formula is C21H24N2O2. The van der Waals surface area contributed by atoms with Crippen molar-refractivity contribution in [1.82, 2.24) is 5.01 Å². The van der Waals surface area contributed by atoms with Crippen LogP contribution in [0.5, 0.6) is 5.75 Å². The Bertz CT molecular complexity index is 788. The molecule has 1 aromatic carbocycles. The number of fused-ring (bicyclic) bond motifs is 4. The van der Waals surface area contributed by atoms with Gasteiger partial charge in [-0.05, 0) is 37.0 Å². The second-order valence-electron chi connectivity index (χ2n) is 7.53. The van der Waals surface area contributed by atoms with Crippen LogP contribution in [-0.2, 0) is 0 Å². The molecule has 0 radical (unpaired) electrons. The van der Waals surface area contributed by atoms with Crippen molar-refractivity contribution < 1.29 is 9.15 Å². The molecule has 3 heterocycles. The molecule has 2 aromatic rings. The molecule has 3 aliphatic rings. The highest BCUT2D eigenvalue weighted by atomic mass is 16.5. The number of ether oxygens (including phenoxy) is 1. The Kier molecular flexibility index (Phi) is 3.40. The average Bonchev–Trinajstić information content (AvgIpc) is 3.33. The third-order valence-corrected chi connectivity index (χ3v) is 6.18. The monoisotopic (exact) mass is 336 g/mol. The summed E-state index contributed by atoms with van der Waals surface area (Å²) in [5, 5.41) is 7.27. The first-order valence-electron chi connectivity index (χ1n) is 9.48. The first kappa shape index (κ1) is 15.1. The summed E-state index contributed by atoms with van der Waals surface area (Å²) >= 11 is 0. The van der Waals surface area contributed by atoms with Crippen molar-refractivity contribution in [2.75, 3.05) is 0 Å². The van der Waals surface area contributed by atoms with Gasteiger partial charge in [-0.25, -0.2) is 5.01 Å². The first-order valence-corrected chi connectivity index (χ1v) is 9.48. The van der Waals surface area contributed by atoms with E-state index in [1.54, 1.807) is 6.26 Å². The van der Waals surface area contributed by atoms with Crippen LogP contribution in [0.4, 0.5) is 0 Å². The van der Waals surface area contributed by atoms with E-state index in [4.69, 9.17) is 14.3 Å².